The monoisotopic (exact) mass is 486 g/mol. The van der Waals surface area contributed by atoms with Crippen molar-refractivity contribution in [2.45, 2.75) is 38.2 Å². The number of likely N-dealkylation sites (tertiary alicyclic amines) is 1. The second-order valence-electron chi connectivity index (χ2n) is 7.89. The van der Waals surface area contributed by atoms with Crippen LogP contribution in [0.1, 0.15) is 24.8 Å². The number of halogens is 6. The molecule has 1 fully saturated rings. The largest absolute Gasteiger partial charge is 0.416 e. The average molecular weight is 486 g/mol. The van der Waals surface area contributed by atoms with Gasteiger partial charge in [0.25, 0.3) is 0 Å². The van der Waals surface area contributed by atoms with E-state index in [9.17, 15) is 31.1 Å². The molecule has 1 aliphatic heterocycles. The Morgan fingerprint density at radius 1 is 1.09 bits per heavy atom. The number of benzene rings is 1. The number of amides is 1. The van der Waals surface area contributed by atoms with Gasteiger partial charge in [0.2, 0.25) is 5.91 Å². The number of hydrogen-bond acceptors (Lipinski definition) is 5. The summed E-state index contributed by atoms with van der Waals surface area (Å²) in [5.74, 6) is 0.0583. The van der Waals surface area contributed by atoms with E-state index in [4.69, 9.17) is 0 Å². The van der Waals surface area contributed by atoms with Crippen molar-refractivity contribution in [3.8, 4) is 11.4 Å². The summed E-state index contributed by atoms with van der Waals surface area (Å²) in [6.07, 6.45) is -6.13. The number of anilines is 1. The third-order valence-corrected chi connectivity index (χ3v) is 5.34. The third-order valence-electron chi connectivity index (χ3n) is 5.34. The Morgan fingerprint density at radius 2 is 1.88 bits per heavy atom. The second kappa shape index (κ2) is 9.11. The van der Waals surface area contributed by atoms with Gasteiger partial charge in [0.1, 0.15) is 12.4 Å². The normalized spacial score (nSPS) is 14.9. The zero-order chi connectivity index (χ0) is 24.5. The lowest BCUT2D eigenvalue weighted by molar-refractivity contribution is -0.142. The summed E-state index contributed by atoms with van der Waals surface area (Å²) in [5.41, 5.74) is -1.08. The molecule has 3 heterocycles. The van der Waals surface area contributed by atoms with E-state index >= 15 is 0 Å². The van der Waals surface area contributed by atoms with Gasteiger partial charge in [-0.15, -0.1) is 0 Å². The van der Waals surface area contributed by atoms with Crippen molar-refractivity contribution in [2.75, 3.05) is 25.0 Å². The SMILES string of the molecule is O=C1CCCN1CCCNc1nc(-c2cccc(C(F)(F)F)c2)nc2c1cnn2CC(F)(F)F. The molecule has 0 bridgehead atoms. The van der Waals surface area contributed by atoms with E-state index in [0.717, 1.165) is 18.6 Å². The van der Waals surface area contributed by atoms with Crippen molar-refractivity contribution in [2.24, 2.45) is 0 Å². The Kier molecular flexibility index (Phi) is 6.36. The lowest BCUT2D eigenvalue weighted by Gasteiger charge is -2.16. The number of hydrogen-bond donors (Lipinski definition) is 1. The second-order valence-corrected chi connectivity index (χ2v) is 7.89. The molecule has 0 atom stereocenters. The van der Waals surface area contributed by atoms with Gasteiger partial charge in [-0.1, -0.05) is 12.1 Å². The van der Waals surface area contributed by atoms with Gasteiger partial charge in [0, 0.05) is 31.6 Å². The van der Waals surface area contributed by atoms with Crippen LogP contribution in [-0.2, 0) is 17.5 Å². The van der Waals surface area contributed by atoms with Crippen molar-refractivity contribution in [3.05, 3.63) is 36.0 Å². The standard InChI is InChI=1S/C21H20F6N6O/c22-20(23,24)12-33-19-15(11-29-33)18(28-7-3-9-32-8-2-6-16(32)34)30-17(31-19)13-4-1-5-14(10-13)21(25,26)27/h1,4-5,10-11H,2-3,6-9,12H2,(H,28,30,31). The third kappa shape index (κ3) is 5.39. The highest BCUT2D eigenvalue weighted by Crippen LogP contribution is 2.33. The molecule has 0 aliphatic carbocycles. The van der Waals surface area contributed by atoms with E-state index in [1.807, 2.05) is 0 Å². The first kappa shape index (κ1) is 23.8. The average Bonchev–Trinajstić information content (AvgIpc) is 3.35. The Balaban J connectivity index is 1.65. The zero-order valence-electron chi connectivity index (χ0n) is 17.7. The molecule has 4 rings (SSSR count). The number of nitrogens with zero attached hydrogens (tertiary/aromatic N) is 5. The minimum Gasteiger partial charge on any atom is -0.369 e. The fraction of sp³-hybridized carbons (Fsp3) is 0.429. The molecule has 1 N–H and O–H groups in total. The Hall–Kier alpha value is -3.38. The summed E-state index contributed by atoms with van der Waals surface area (Å²) in [6.45, 7) is 0.114. The van der Waals surface area contributed by atoms with Gasteiger partial charge in [0.15, 0.2) is 11.5 Å². The zero-order valence-corrected chi connectivity index (χ0v) is 17.7. The lowest BCUT2D eigenvalue weighted by Crippen LogP contribution is -2.27. The molecule has 182 valence electrons. The van der Waals surface area contributed by atoms with Crippen molar-refractivity contribution in [1.82, 2.24) is 24.6 Å². The number of aromatic nitrogens is 4. The molecule has 13 heteroatoms. The van der Waals surface area contributed by atoms with Crippen LogP contribution in [0.4, 0.5) is 32.2 Å². The van der Waals surface area contributed by atoms with Crippen molar-refractivity contribution >= 4 is 22.8 Å². The summed E-state index contributed by atoms with van der Waals surface area (Å²) in [7, 11) is 0. The summed E-state index contributed by atoms with van der Waals surface area (Å²) in [5, 5.41) is 6.97. The number of carbonyl (C=O) groups excluding carboxylic acids is 1. The molecule has 1 saturated heterocycles. The Morgan fingerprint density at radius 3 is 2.56 bits per heavy atom. The molecule has 0 spiro atoms. The molecule has 0 saturated carbocycles. The highest BCUT2D eigenvalue weighted by Gasteiger charge is 2.32. The van der Waals surface area contributed by atoms with Crippen LogP contribution in [0.3, 0.4) is 0 Å². The summed E-state index contributed by atoms with van der Waals surface area (Å²) < 4.78 is 79.1. The van der Waals surface area contributed by atoms with Crippen molar-refractivity contribution in [1.29, 1.82) is 0 Å². The van der Waals surface area contributed by atoms with Crippen LogP contribution in [0.5, 0.6) is 0 Å². The number of fused-ring (bicyclic) bond motifs is 1. The van der Waals surface area contributed by atoms with Gasteiger partial charge < -0.3 is 10.2 Å². The topological polar surface area (TPSA) is 75.9 Å². The van der Waals surface area contributed by atoms with E-state index in [2.05, 4.69) is 20.4 Å². The van der Waals surface area contributed by atoms with Crippen LogP contribution in [-0.4, -0.2) is 56.4 Å². The highest BCUT2D eigenvalue weighted by atomic mass is 19.4. The molecule has 3 aromatic rings. The smallest absolute Gasteiger partial charge is 0.369 e. The molecule has 0 unspecified atom stereocenters. The first-order valence-corrected chi connectivity index (χ1v) is 10.5. The number of alkyl halides is 6. The first-order chi connectivity index (χ1) is 16.0. The predicted molar refractivity (Wildman–Crippen MR) is 111 cm³/mol. The summed E-state index contributed by atoms with van der Waals surface area (Å²) in [4.78, 5) is 21.8. The summed E-state index contributed by atoms with van der Waals surface area (Å²) in [6, 6.07) is 4.26. The van der Waals surface area contributed by atoms with E-state index in [0.29, 0.717) is 37.2 Å². The minimum atomic E-state index is -4.60. The van der Waals surface area contributed by atoms with Crippen LogP contribution in [0.25, 0.3) is 22.4 Å². The van der Waals surface area contributed by atoms with Crippen LogP contribution in [0.15, 0.2) is 30.5 Å². The number of nitrogens with one attached hydrogen (secondary N) is 1. The molecule has 7 nitrogen and oxygen atoms in total. The quantitative estimate of drug-likeness (QED) is 0.393. The van der Waals surface area contributed by atoms with Crippen LogP contribution < -0.4 is 5.32 Å². The maximum atomic E-state index is 13.2. The van der Waals surface area contributed by atoms with Gasteiger partial charge >= 0.3 is 12.4 Å². The maximum absolute atomic E-state index is 13.2. The van der Waals surface area contributed by atoms with E-state index < -0.39 is 24.5 Å². The molecular weight excluding hydrogens is 466 g/mol. The minimum absolute atomic E-state index is 0.00203. The van der Waals surface area contributed by atoms with E-state index in [-0.39, 0.29) is 34.1 Å². The molecule has 34 heavy (non-hydrogen) atoms. The Bertz CT molecular complexity index is 1190. The predicted octanol–water partition coefficient (Wildman–Crippen LogP) is 4.50. The lowest BCUT2D eigenvalue weighted by atomic mass is 10.1. The maximum Gasteiger partial charge on any atom is 0.416 e. The van der Waals surface area contributed by atoms with Gasteiger partial charge in [0.05, 0.1) is 17.1 Å². The fourth-order valence-corrected chi connectivity index (χ4v) is 3.76. The van der Waals surface area contributed by atoms with Crippen molar-refractivity contribution < 1.29 is 31.1 Å². The van der Waals surface area contributed by atoms with E-state index in [1.54, 1.807) is 4.90 Å². The molecule has 0 radical (unpaired) electrons. The molecule has 1 amide bonds. The molecular formula is C21H20F6N6O. The molecule has 1 aromatic carbocycles. The number of carbonyl (C=O) groups is 1. The van der Waals surface area contributed by atoms with Crippen molar-refractivity contribution in [3.63, 3.8) is 0 Å². The summed E-state index contributed by atoms with van der Waals surface area (Å²) >= 11 is 0. The van der Waals surface area contributed by atoms with Gasteiger partial charge in [-0.05, 0) is 25.0 Å². The molecule has 2 aromatic heterocycles. The van der Waals surface area contributed by atoms with Crippen LogP contribution in [0.2, 0.25) is 0 Å². The first-order valence-electron chi connectivity index (χ1n) is 10.5. The fourth-order valence-electron chi connectivity index (χ4n) is 3.76. The van der Waals surface area contributed by atoms with Crippen LogP contribution in [0, 0.1) is 0 Å². The Labute approximate surface area is 189 Å². The highest BCUT2D eigenvalue weighted by molar-refractivity contribution is 5.88. The van der Waals surface area contributed by atoms with E-state index in [1.165, 1.54) is 18.3 Å². The van der Waals surface area contributed by atoms with Gasteiger partial charge in [-0.25, -0.2) is 14.6 Å². The van der Waals surface area contributed by atoms with Gasteiger partial charge in [-0.3, -0.25) is 4.79 Å². The van der Waals surface area contributed by atoms with Gasteiger partial charge in [-0.2, -0.15) is 31.4 Å². The molecule has 1 aliphatic rings. The number of rotatable bonds is 7. The van der Waals surface area contributed by atoms with Crippen LogP contribution >= 0.6 is 0 Å².